The number of hydrogen-bond acceptors (Lipinski definition) is 2. The third-order valence-corrected chi connectivity index (χ3v) is 5.20. The monoisotopic (exact) mass is 237 g/mol. The van der Waals surface area contributed by atoms with E-state index in [0.29, 0.717) is 5.41 Å². The topological polar surface area (TPSA) is 43.5 Å². The minimum atomic E-state index is 0. The van der Waals surface area contributed by atoms with Gasteiger partial charge in [0.1, 0.15) is 0 Å². The Labute approximate surface area is 101 Å². The zero-order valence-electron chi connectivity index (χ0n) is 9.46. The predicted molar refractivity (Wildman–Crippen MR) is 70.5 cm³/mol. The van der Waals surface area contributed by atoms with Crippen molar-refractivity contribution < 1.29 is 5.48 Å². The standard InChI is InChI=1S/C13H17NS.H2O/c1-2-4-11-12(5-3-1)15-10-13(11)6-8-14-9-7-13;/h1-4,14H,5-10H2;1H2. The van der Waals surface area contributed by atoms with Gasteiger partial charge in [-0.1, -0.05) is 24.3 Å². The quantitative estimate of drug-likeness (QED) is 0.700. The lowest BCUT2D eigenvalue weighted by atomic mass is 9.74. The van der Waals surface area contributed by atoms with Crippen LogP contribution in [0.1, 0.15) is 19.3 Å². The molecule has 0 unspecified atom stereocenters. The van der Waals surface area contributed by atoms with Crippen molar-refractivity contribution in [3.8, 4) is 0 Å². The summed E-state index contributed by atoms with van der Waals surface area (Å²) in [6.07, 6.45) is 12.9. The van der Waals surface area contributed by atoms with Crippen LogP contribution in [-0.2, 0) is 0 Å². The van der Waals surface area contributed by atoms with Gasteiger partial charge < -0.3 is 10.8 Å². The van der Waals surface area contributed by atoms with E-state index in [1.807, 2.05) is 0 Å². The molecule has 2 nitrogen and oxygen atoms in total. The summed E-state index contributed by atoms with van der Waals surface area (Å²) in [4.78, 5) is 1.63. The molecule has 2 aliphatic heterocycles. The van der Waals surface area contributed by atoms with Gasteiger partial charge in [-0.2, -0.15) is 0 Å². The maximum atomic E-state index is 3.48. The average Bonchev–Trinajstić information content (AvgIpc) is 2.51. The first-order valence-electron chi connectivity index (χ1n) is 5.81. The van der Waals surface area contributed by atoms with Crippen LogP contribution in [0.3, 0.4) is 0 Å². The van der Waals surface area contributed by atoms with Gasteiger partial charge in [0.15, 0.2) is 0 Å². The molecule has 0 atom stereocenters. The summed E-state index contributed by atoms with van der Waals surface area (Å²) in [6.45, 7) is 2.39. The van der Waals surface area contributed by atoms with Crippen molar-refractivity contribution in [3.05, 3.63) is 34.8 Å². The molecule has 3 heteroatoms. The summed E-state index contributed by atoms with van der Waals surface area (Å²) in [5.74, 6) is 1.32. The van der Waals surface area contributed by atoms with E-state index in [1.165, 1.54) is 31.7 Å². The van der Waals surface area contributed by atoms with Crippen molar-refractivity contribution >= 4 is 11.8 Å². The largest absolute Gasteiger partial charge is 0.412 e. The highest BCUT2D eigenvalue weighted by Gasteiger charge is 2.40. The van der Waals surface area contributed by atoms with Crippen LogP contribution in [-0.4, -0.2) is 24.3 Å². The van der Waals surface area contributed by atoms with Gasteiger partial charge in [-0.25, -0.2) is 0 Å². The molecule has 0 amide bonds. The van der Waals surface area contributed by atoms with E-state index in [0.717, 1.165) is 6.42 Å². The molecule has 0 radical (unpaired) electrons. The maximum Gasteiger partial charge on any atom is 0.00789 e. The highest BCUT2D eigenvalue weighted by Crippen LogP contribution is 2.52. The smallest absolute Gasteiger partial charge is 0.00789 e. The van der Waals surface area contributed by atoms with Crippen LogP contribution in [0.2, 0.25) is 0 Å². The zero-order chi connectivity index (χ0) is 10.1. The molecular weight excluding hydrogens is 218 g/mol. The Morgan fingerprint density at radius 3 is 2.81 bits per heavy atom. The van der Waals surface area contributed by atoms with Crippen LogP contribution in [0.25, 0.3) is 0 Å². The van der Waals surface area contributed by atoms with Gasteiger partial charge in [0.2, 0.25) is 0 Å². The summed E-state index contributed by atoms with van der Waals surface area (Å²) in [7, 11) is 0. The van der Waals surface area contributed by atoms with Crippen LogP contribution < -0.4 is 5.32 Å². The average molecular weight is 237 g/mol. The Morgan fingerprint density at radius 1 is 1.19 bits per heavy atom. The van der Waals surface area contributed by atoms with E-state index in [9.17, 15) is 0 Å². The Kier molecular flexibility index (Phi) is 3.57. The van der Waals surface area contributed by atoms with Crippen LogP contribution >= 0.6 is 11.8 Å². The van der Waals surface area contributed by atoms with Crippen molar-refractivity contribution in [1.82, 2.24) is 5.32 Å². The van der Waals surface area contributed by atoms with Crippen LogP contribution in [0.5, 0.6) is 0 Å². The SMILES string of the molecule is C1=CCC2=C(C=C1)C1(CCNCC1)CS2.O. The minimum absolute atomic E-state index is 0. The van der Waals surface area contributed by atoms with E-state index < -0.39 is 0 Å². The minimum Gasteiger partial charge on any atom is -0.412 e. The molecule has 0 aromatic carbocycles. The first-order valence-corrected chi connectivity index (χ1v) is 6.80. The van der Waals surface area contributed by atoms with E-state index in [4.69, 9.17) is 0 Å². The number of rotatable bonds is 0. The maximum absolute atomic E-state index is 3.48. The first kappa shape index (κ1) is 12.0. The van der Waals surface area contributed by atoms with Crippen LogP contribution in [0, 0.1) is 5.41 Å². The number of nitrogens with one attached hydrogen (secondary N) is 1. The lowest BCUT2D eigenvalue weighted by Gasteiger charge is -2.35. The van der Waals surface area contributed by atoms with Gasteiger partial charge in [0.25, 0.3) is 0 Å². The summed E-state index contributed by atoms with van der Waals surface area (Å²) >= 11 is 2.09. The summed E-state index contributed by atoms with van der Waals surface area (Å²) < 4.78 is 0. The molecular formula is C13H19NOS. The number of fused-ring (bicyclic) bond motifs is 1. The number of hydrogen-bond donors (Lipinski definition) is 1. The zero-order valence-corrected chi connectivity index (χ0v) is 10.3. The molecule has 1 saturated heterocycles. The fraction of sp³-hybridized carbons (Fsp3) is 0.538. The van der Waals surface area contributed by atoms with E-state index in [1.54, 1.807) is 10.5 Å². The van der Waals surface area contributed by atoms with Gasteiger partial charge in [-0.15, -0.1) is 11.8 Å². The molecule has 1 aliphatic carbocycles. The second kappa shape index (κ2) is 4.78. The third-order valence-electron chi connectivity index (χ3n) is 3.77. The van der Waals surface area contributed by atoms with E-state index in [2.05, 4.69) is 41.4 Å². The van der Waals surface area contributed by atoms with Gasteiger partial charge >= 0.3 is 0 Å². The highest BCUT2D eigenvalue weighted by molar-refractivity contribution is 8.03. The summed E-state index contributed by atoms with van der Waals surface area (Å²) in [5.41, 5.74) is 2.16. The number of thioether (sulfide) groups is 1. The molecule has 2 heterocycles. The van der Waals surface area contributed by atoms with Crippen LogP contribution in [0.15, 0.2) is 34.8 Å². The fourth-order valence-corrected chi connectivity index (χ4v) is 4.39. The molecule has 0 aromatic rings. The molecule has 0 bridgehead atoms. The summed E-state index contributed by atoms with van der Waals surface area (Å²) in [5, 5.41) is 3.48. The Morgan fingerprint density at radius 2 is 2.00 bits per heavy atom. The molecule has 0 saturated carbocycles. The highest BCUT2D eigenvalue weighted by atomic mass is 32.2. The van der Waals surface area contributed by atoms with Gasteiger partial charge in [-0.05, 0) is 42.8 Å². The molecule has 1 spiro atoms. The lowest BCUT2D eigenvalue weighted by molar-refractivity contribution is 0.298. The van der Waals surface area contributed by atoms with E-state index >= 15 is 0 Å². The molecule has 3 aliphatic rings. The van der Waals surface area contributed by atoms with Crippen molar-refractivity contribution in [2.24, 2.45) is 5.41 Å². The Bertz CT molecular complexity index is 351. The number of allylic oxidation sites excluding steroid dienone is 6. The van der Waals surface area contributed by atoms with Crippen LogP contribution in [0.4, 0.5) is 0 Å². The molecule has 0 aromatic heterocycles. The van der Waals surface area contributed by atoms with Crippen molar-refractivity contribution in [2.75, 3.05) is 18.8 Å². The van der Waals surface area contributed by atoms with Gasteiger partial charge in [0, 0.05) is 11.2 Å². The van der Waals surface area contributed by atoms with Gasteiger partial charge in [0.05, 0.1) is 0 Å². The van der Waals surface area contributed by atoms with Crippen molar-refractivity contribution in [2.45, 2.75) is 19.3 Å². The molecule has 3 N–H and O–H groups in total. The Balaban J connectivity index is 0.000000963. The fourth-order valence-electron chi connectivity index (χ4n) is 2.84. The second-order valence-corrected chi connectivity index (χ2v) is 5.72. The third kappa shape index (κ3) is 1.88. The molecule has 16 heavy (non-hydrogen) atoms. The lowest BCUT2D eigenvalue weighted by Crippen LogP contribution is -2.38. The molecule has 1 fully saturated rings. The number of piperidine rings is 1. The van der Waals surface area contributed by atoms with Crippen molar-refractivity contribution in [1.29, 1.82) is 0 Å². The van der Waals surface area contributed by atoms with E-state index in [-0.39, 0.29) is 5.48 Å². The predicted octanol–water partition coefficient (Wildman–Crippen LogP) is 2.05. The normalized spacial score (nSPS) is 26.5. The van der Waals surface area contributed by atoms with Gasteiger partial charge in [-0.3, -0.25) is 0 Å². The Hall–Kier alpha value is -0.510. The second-order valence-electron chi connectivity index (χ2n) is 4.65. The first-order chi connectivity index (χ1) is 7.41. The molecule has 88 valence electrons. The molecule has 3 rings (SSSR count). The summed E-state index contributed by atoms with van der Waals surface area (Å²) in [6, 6.07) is 0. The van der Waals surface area contributed by atoms with Crippen molar-refractivity contribution in [3.63, 3.8) is 0 Å².